The third-order valence-corrected chi connectivity index (χ3v) is 3.67. The normalized spacial score (nSPS) is 13.7. The van der Waals surface area contributed by atoms with Gasteiger partial charge in [-0.05, 0) is 19.1 Å². The molecule has 0 radical (unpaired) electrons. The predicted molar refractivity (Wildman–Crippen MR) is 84.4 cm³/mol. The maximum Gasteiger partial charge on any atom is 0.295 e. The average Bonchev–Trinajstić information content (AvgIpc) is 2.80. The van der Waals surface area contributed by atoms with Gasteiger partial charge in [0.05, 0.1) is 11.4 Å². The number of anilines is 1. The number of amides is 1. The van der Waals surface area contributed by atoms with Gasteiger partial charge in [-0.15, -0.1) is 0 Å². The molecule has 0 saturated heterocycles. The molecular weight excluding hydrogens is 298 g/mol. The van der Waals surface area contributed by atoms with Crippen molar-refractivity contribution in [2.45, 2.75) is 6.92 Å². The van der Waals surface area contributed by atoms with E-state index in [1.165, 1.54) is 10.9 Å². The second kappa shape index (κ2) is 6.04. The summed E-state index contributed by atoms with van der Waals surface area (Å²) in [6.07, 6.45) is 1.26. The molecule has 1 aromatic heterocycles. The van der Waals surface area contributed by atoms with E-state index in [1.807, 2.05) is 30.3 Å². The minimum Gasteiger partial charge on any atom is -0.494 e. The summed E-state index contributed by atoms with van der Waals surface area (Å²) in [5, 5.41) is 2.61. The van der Waals surface area contributed by atoms with Crippen LogP contribution in [-0.2, 0) is 21.3 Å². The summed E-state index contributed by atoms with van der Waals surface area (Å²) >= 11 is 0. The molecule has 0 spiro atoms. The third-order valence-electron chi connectivity index (χ3n) is 3.67. The smallest absolute Gasteiger partial charge is 0.295 e. The van der Waals surface area contributed by atoms with Crippen molar-refractivity contribution < 1.29 is 14.3 Å². The van der Waals surface area contributed by atoms with E-state index >= 15 is 0 Å². The van der Waals surface area contributed by atoms with Crippen LogP contribution in [-0.4, -0.2) is 28.5 Å². The number of para-hydroxylation sites is 1. The maximum absolute atomic E-state index is 12.7. The van der Waals surface area contributed by atoms with Gasteiger partial charge in [0.15, 0.2) is 0 Å². The summed E-state index contributed by atoms with van der Waals surface area (Å²) < 4.78 is 13.5. The molecule has 0 bridgehead atoms. The van der Waals surface area contributed by atoms with Crippen LogP contribution in [0.2, 0.25) is 0 Å². The molecule has 3 rings (SSSR count). The van der Waals surface area contributed by atoms with Crippen LogP contribution < -0.4 is 10.9 Å². The molecule has 0 atom stereocenters. The molecule has 7 heteroatoms. The second-order valence-electron chi connectivity index (χ2n) is 5.09. The summed E-state index contributed by atoms with van der Waals surface area (Å²) in [7, 11) is 1.76. The van der Waals surface area contributed by atoms with Crippen molar-refractivity contribution in [1.82, 2.24) is 9.36 Å². The largest absolute Gasteiger partial charge is 0.494 e. The Balaban J connectivity index is 1.96. The molecular formula is C16H17N3O4. The minimum atomic E-state index is -0.504. The molecule has 0 unspecified atom stereocenters. The van der Waals surface area contributed by atoms with Crippen LogP contribution in [0.4, 0.5) is 5.69 Å². The van der Waals surface area contributed by atoms with Gasteiger partial charge in [0.1, 0.15) is 25.2 Å². The third kappa shape index (κ3) is 2.73. The zero-order chi connectivity index (χ0) is 16.4. The summed E-state index contributed by atoms with van der Waals surface area (Å²) in [5.41, 5.74) is 1.28. The van der Waals surface area contributed by atoms with Gasteiger partial charge >= 0.3 is 0 Å². The molecule has 0 saturated carbocycles. The fourth-order valence-electron chi connectivity index (χ4n) is 2.37. The van der Waals surface area contributed by atoms with Gasteiger partial charge in [0.25, 0.3) is 11.5 Å². The number of carbonyl (C=O) groups is 1. The molecule has 1 aliphatic rings. The van der Waals surface area contributed by atoms with Gasteiger partial charge in [0.2, 0.25) is 5.76 Å². The lowest BCUT2D eigenvalue weighted by Crippen LogP contribution is -2.25. The Morgan fingerprint density at radius 1 is 1.22 bits per heavy atom. The number of benzene rings is 1. The van der Waals surface area contributed by atoms with Gasteiger partial charge in [-0.25, -0.2) is 4.68 Å². The molecule has 1 amide bonds. The monoisotopic (exact) mass is 315 g/mol. The van der Waals surface area contributed by atoms with Crippen molar-refractivity contribution in [2.24, 2.45) is 7.05 Å². The number of nitrogens with zero attached hydrogens (tertiary/aromatic N) is 2. The number of nitrogens with one attached hydrogen (secondary N) is 1. The SMILES string of the molecule is Cc1c(NC(=O)C2=COCCO2)c(=O)n(-c2ccccc2)n1C. The standard InChI is InChI=1S/C16H17N3O4/c1-11-14(17-15(20)13-10-22-8-9-23-13)16(21)19(18(11)2)12-6-4-3-5-7-12/h3-7,10H,8-9H2,1-2H3,(H,17,20). The Labute approximate surface area is 132 Å². The fourth-order valence-corrected chi connectivity index (χ4v) is 2.37. The number of hydrogen-bond acceptors (Lipinski definition) is 4. The average molecular weight is 315 g/mol. The van der Waals surface area contributed by atoms with Gasteiger partial charge in [-0.2, -0.15) is 0 Å². The molecule has 7 nitrogen and oxygen atoms in total. The topological polar surface area (TPSA) is 74.5 Å². The summed E-state index contributed by atoms with van der Waals surface area (Å²) in [5.74, 6) is -0.444. The Bertz CT molecular complexity index is 818. The van der Waals surface area contributed by atoms with E-state index in [0.717, 1.165) is 5.69 Å². The maximum atomic E-state index is 12.7. The van der Waals surface area contributed by atoms with Gasteiger partial charge in [0, 0.05) is 7.05 Å². The molecule has 1 aliphatic heterocycles. The van der Waals surface area contributed by atoms with E-state index in [4.69, 9.17) is 9.47 Å². The Morgan fingerprint density at radius 2 is 1.96 bits per heavy atom. The first-order valence-electron chi connectivity index (χ1n) is 7.19. The van der Waals surface area contributed by atoms with E-state index in [9.17, 15) is 9.59 Å². The van der Waals surface area contributed by atoms with Crippen LogP contribution in [0.5, 0.6) is 0 Å². The highest BCUT2D eigenvalue weighted by atomic mass is 16.6. The first-order valence-corrected chi connectivity index (χ1v) is 7.19. The van der Waals surface area contributed by atoms with Crippen molar-refractivity contribution in [3.8, 4) is 5.69 Å². The van der Waals surface area contributed by atoms with E-state index in [1.54, 1.807) is 18.7 Å². The summed E-state index contributed by atoms with van der Waals surface area (Å²) in [4.78, 5) is 24.9. The summed E-state index contributed by atoms with van der Waals surface area (Å²) in [6.45, 7) is 2.48. The van der Waals surface area contributed by atoms with Crippen molar-refractivity contribution in [2.75, 3.05) is 18.5 Å². The molecule has 0 aliphatic carbocycles. The van der Waals surface area contributed by atoms with Gasteiger partial charge in [-0.1, -0.05) is 18.2 Å². The summed E-state index contributed by atoms with van der Waals surface area (Å²) in [6, 6.07) is 9.22. The first kappa shape index (κ1) is 15.0. The Morgan fingerprint density at radius 3 is 2.61 bits per heavy atom. The molecule has 23 heavy (non-hydrogen) atoms. The van der Waals surface area contributed by atoms with Crippen LogP contribution in [0.25, 0.3) is 5.69 Å². The first-order chi connectivity index (χ1) is 11.1. The lowest BCUT2D eigenvalue weighted by atomic mass is 10.3. The number of hydrogen-bond donors (Lipinski definition) is 1. The predicted octanol–water partition coefficient (Wildman–Crippen LogP) is 1.31. The van der Waals surface area contributed by atoms with Crippen LogP contribution in [0, 0.1) is 6.92 Å². The number of carbonyl (C=O) groups excluding carboxylic acids is 1. The van der Waals surface area contributed by atoms with Crippen LogP contribution in [0.3, 0.4) is 0 Å². The van der Waals surface area contributed by atoms with Crippen molar-refractivity contribution in [1.29, 1.82) is 0 Å². The van der Waals surface area contributed by atoms with Crippen LogP contribution in [0.15, 0.2) is 47.1 Å². The fraction of sp³-hybridized carbons (Fsp3) is 0.250. The zero-order valence-electron chi connectivity index (χ0n) is 12.9. The van der Waals surface area contributed by atoms with Crippen LogP contribution in [0.1, 0.15) is 5.69 Å². The number of rotatable bonds is 3. The quantitative estimate of drug-likeness (QED) is 0.927. The Hall–Kier alpha value is -2.96. The van der Waals surface area contributed by atoms with Crippen molar-refractivity contribution in [3.63, 3.8) is 0 Å². The van der Waals surface area contributed by atoms with Crippen molar-refractivity contribution in [3.05, 3.63) is 58.4 Å². The molecule has 120 valence electrons. The van der Waals surface area contributed by atoms with Crippen molar-refractivity contribution >= 4 is 11.6 Å². The number of aromatic nitrogens is 2. The number of ether oxygens (including phenoxy) is 2. The van der Waals surface area contributed by atoms with Gasteiger partial charge < -0.3 is 14.8 Å². The lowest BCUT2D eigenvalue weighted by Gasteiger charge is -2.14. The highest BCUT2D eigenvalue weighted by Crippen LogP contribution is 2.15. The Kier molecular flexibility index (Phi) is 3.92. The highest BCUT2D eigenvalue weighted by molar-refractivity contribution is 6.02. The zero-order valence-corrected chi connectivity index (χ0v) is 12.9. The van der Waals surface area contributed by atoms with E-state index in [2.05, 4.69) is 5.32 Å². The molecule has 1 N–H and O–H groups in total. The highest BCUT2D eigenvalue weighted by Gasteiger charge is 2.21. The van der Waals surface area contributed by atoms with Gasteiger partial charge in [-0.3, -0.25) is 14.3 Å². The minimum absolute atomic E-state index is 0.0603. The second-order valence-corrected chi connectivity index (χ2v) is 5.09. The van der Waals surface area contributed by atoms with E-state index in [-0.39, 0.29) is 17.0 Å². The van der Waals surface area contributed by atoms with Crippen LogP contribution >= 0.6 is 0 Å². The molecule has 2 heterocycles. The molecule has 0 fully saturated rings. The van der Waals surface area contributed by atoms with E-state index < -0.39 is 5.91 Å². The molecule has 2 aromatic rings. The molecule has 1 aromatic carbocycles. The lowest BCUT2D eigenvalue weighted by molar-refractivity contribution is -0.117. The van der Waals surface area contributed by atoms with E-state index in [0.29, 0.717) is 18.9 Å².